The van der Waals surface area contributed by atoms with Gasteiger partial charge in [-0.25, -0.2) is 13.4 Å². The molecule has 4 rings (SSSR count). The number of benzene rings is 2. The second kappa shape index (κ2) is 6.41. The molecule has 0 fully saturated rings. The fourth-order valence-corrected chi connectivity index (χ4v) is 5.14. The van der Waals surface area contributed by atoms with Gasteiger partial charge >= 0.3 is 0 Å². The molecular formula is C19H18N2O3S2. The van der Waals surface area contributed by atoms with E-state index in [1.165, 1.54) is 15.6 Å². The molecule has 134 valence electrons. The first-order chi connectivity index (χ1) is 12.5. The van der Waals surface area contributed by atoms with Crippen molar-refractivity contribution in [1.82, 2.24) is 4.98 Å². The fraction of sp³-hybridized carbons (Fsp3) is 0.211. The Morgan fingerprint density at radius 1 is 1.19 bits per heavy atom. The summed E-state index contributed by atoms with van der Waals surface area (Å²) in [6.07, 6.45) is 0.714. The van der Waals surface area contributed by atoms with E-state index in [2.05, 4.69) is 4.98 Å². The summed E-state index contributed by atoms with van der Waals surface area (Å²) in [7, 11) is -3.23. The van der Waals surface area contributed by atoms with Gasteiger partial charge in [-0.2, -0.15) is 0 Å². The molecule has 2 aromatic carbocycles. The summed E-state index contributed by atoms with van der Waals surface area (Å²) < 4.78 is 25.9. The lowest BCUT2D eigenvalue weighted by Crippen LogP contribution is -2.30. The number of aromatic hydroxyl groups is 1. The first-order valence-corrected chi connectivity index (χ1v) is 10.9. The van der Waals surface area contributed by atoms with Crippen molar-refractivity contribution in [2.75, 3.05) is 16.6 Å². The lowest BCUT2D eigenvalue weighted by Gasteiger charge is -2.18. The number of hydrogen-bond acceptors (Lipinski definition) is 5. The van der Waals surface area contributed by atoms with Crippen LogP contribution in [-0.2, 0) is 16.4 Å². The normalized spacial score (nSPS) is 13.8. The number of fused-ring (bicyclic) bond motifs is 1. The summed E-state index contributed by atoms with van der Waals surface area (Å²) in [5, 5.41) is 12.5. The minimum absolute atomic E-state index is 0.105. The van der Waals surface area contributed by atoms with Gasteiger partial charge in [0.15, 0.2) is 0 Å². The maximum atomic E-state index is 12.2. The van der Waals surface area contributed by atoms with Crippen LogP contribution in [0.15, 0.2) is 47.8 Å². The maximum Gasteiger partial charge on any atom is 0.234 e. The van der Waals surface area contributed by atoms with E-state index in [4.69, 9.17) is 0 Å². The van der Waals surface area contributed by atoms with Gasteiger partial charge in [-0.3, -0.25) is 4.31 Å². The summed E-state index contributed by atoms with van der Waals surface area (Å²) >= 11 is 1.52. The van der Waals surface area contributed by atoms with E-state index in [9.17, 15) is 13.5 Å². The summed E-state index contributed by atoms with van der Waals surface area (Å²) in [4.78, 5) is 4.68. The van der Waals surface area contributed by atoms with Crippen molar-refractivity contribution >= 4 is 27.0 Å². The zero-order chi connectivity index (χ0) is 18.3. The lowest BCUT2D eigenvalue weighted by atomic mass is 10.1. The third-order valence-corrected chi connectivity index (χ3v) is 7.20. The van der Waals surface area contributed by atoms with E-state index >= 15 is 0 Å². The standard InChI is InChI=1S/C19H18N2O3S2/c1-2-26(23,24)21-9-8-14-10-13(6-7-18(14)21)17-12-25-19(20-17)15-4-3-5-16(22)11-15/h3-7,10-12,22H,2,8-9H2,1H3. The molecule has 0 radical (unpaired) electrons. The number of hydrogen-bond donors (Lipinski definition) is 1. The van der Waals surface area contributed by atoms with Gasteiger partial charge in [-0.1, -0.05) is 18.2 Å². The maximum absolute atomic E-state index is 12.2. The number of nitrogens with zero attached hydrogens (tertiary/aromatic N) is 2. The van der Waals surface area contributed by atoms with Gasteiger partial charge in [0, 0.05) is 23.1 Å². The van der Waals surface area contributed by atoms with Crippen molar-refractivity contribution in [2.24, 2.45) is 0 Å². The molecule has 2 heterocycles. The Balaban J connectivity index is 1.67. The van der Waals surface area contributed by atoms with Crippen molar-refractivity contribution in [3.63, 3.8) is 0 Å². The smallest absolute Gasteiger partial charge is 0.234 e. The van der Waals surface area contributed by atoms with Gasteiger partial charge in [-0.05, 0) is 43.2 Å². The van der Waals surface area contributed by atoms with Gasteiger partial charge in [0.05, 0.1) is 17.1 Å². The number of phenolic OH excluding ortho intramolecular Hbond substituents is 1. The topological polar surface area (TPSA) is 70.5 Å². The predicted molar refractivity (Wildman–Crippen MR) is 105 cm³/mol. The Hall–Kier alpha value is -2.38. The van der Waals surface area contributed by atoms with Gasteiger partial charge in [-0.15, -0.1) is 11.3 Å². The Bertz CT molecular complexity index is 1070. The SMILES string of the molecule is CCS(=O)(=O)N1CCc2cc(-c3csc(-c4cccc(O)c4)n3)ccc21. The number of rotatable bonds is 4. The zero-order valence-corrected chi connectivity index (χ0v) is 15.8. The number of anilines is 1. The molecule has 0 saturated heterocycles. The van der Waals surface area contributed by atoms with Crippen molar-refractivity contribution in [3.8, 4) is 27.6 Å². The summed E-state index contributed by atoms with van der Waals surface area (Å²) in [5.74, 6) is 0.321. The van der Waals surface area contributed by atoms with Crippen molar-refractivity contribution < 1.29 is 13.5 Å². The Morgan fingerprint density at radius 3 is 2.81 bits per heavy atom. The number of thiazole rings is 1. The molecule has 0 amide bonds. The third kappa shape index (κ3) is 2.97. The number of aromatic nitrogens is 1. The van der Waals surface area contributed by atoms with Crippen molar-refractivity contribution in [2.45, 2.75) is 13.3 Å². The highest BCUT2D eigenvalue weighted by Crippen LogP contribution is 2.36. The van der Waals surface area contributed by atoms with Gasteiger partial charge in [0.1, 0.15) is 10.8 Å². The van der Waals surface area contributed by atoms with E-state index in [-0.39, 0.29) is 11.5 Å². The molecule has 3 aromatic rings. The second-order valence-electron chi connectivity index (χ2n) is 6.15. The van der Waals surface area contributed by atoms with Crippen LogP contribution in [0.2, 0.25) is 0 Å². The fourth-order valence-electron chi connectivity index (χ4n) is 3.15. The Labute approximate surface area is 156 Å². The lowest BCUT2D eigenvalue weighted by molar-refractivity contribution is 0.475. The van der Waals surface area contributed by atoms with Crippen LogP contribution in [0.3, 0.4) is 0 Å². The molecule has 1 N–H and O–H groups in total. The minimum Gasteiger partial charge on any atom is -0.508 e. The van der Waals surface area contributed by atoms with Crippen LogP contribution in [-0.4, -0.2) is 30.8 Å². The van der Waals surface area contributed by atoms with Gasteiger partial charge < -0.3 is 5.11 Å². The molecule has 7 heteroatoms. The number of sulfonamides is 1. The average molecular weight is 386 g/mol. The molecule has 1 aliphatic rings. The molecule has 0 aliphatic carbocycles. The molecule has 0 saturated carbocycles. The molecular weight excluding hydrogens is 368 g/mol. The second-order valence-corrected chi connectivity index (χ2v) is 9.19. The zero-order valence-electron chi connectivity index (χ0n) is 14.2. The highest BCUT2D eigenvalue weighted by atomic mass is 32.2. The number of phenols is 1. The minimum atomic E-state index is -3.23. The molecule has 26 heavy (non-hydrogen) atoms. The van der Waals surface area contributed by atoms with Crippen LogP contribution in [0, 0.1) is 0 Å². The summed E-state index contributed by atoms with van der Waals surface area (Å²) in [6.45, 7) is 2.17. The average Bonchev–Trinajstić information content (AvgIpc) is 3.28. The van der Waals surface area contributed by atoms with Crippen LogP contribution in [0.25, 0.3) is 21.8 Å². The van der Waals surface area contributed by atoms with E-state index in [1.54, 1.807) is 25.1 Å². The molecule has 1 aliphatic heterocycles. The van der Waals surface area contributed by atoms with Crippen LogP contribution in [0.5, 0.6) is 5.75 Å². The first-order valence-electron chi connectivity index (χ1n) is 8.36. The van der Waals surface area contributed by atoms with Crippen molar-refractivity contribution in [3.05, 3.63) is 53.4 Å². The summed E-state index contributed by atoms with van der Waals surface area (Å²) in [5.41, 5.74) is 4.52. The monoisotopic (exact) mass is 386 g/mol. The molecule has 0 unspecified atom stereocenters. The predicted octanol–water partition coefficient (Wildman–Crippen LogP) is 3.89. The van der Waals surface area contributed by atoms with Crippen LogP contribution in [0.1, 0.15) is 12.5 Å². The Kier molecular flexibility index (Phi) is 4.20. The molecule has 0 bridgehead atoms. The van der Waals surface area contributed by atoms with E-state index in [0.29, 0.717) is 13.0 Å². The van der Waals surface area contributed by atoms with Crippen LogP contribution >= 0.6 is 11.3 Å². The van der Waals surface area contributed by atoms with Crippen LogP contribution in [0.4, 0.5) is 5.69 Å². The largest absolute Gasteiger partial charge is 0.508 e. The molecule has 1 aromatic heterocycles. The van der Waals surface area contributed by atoms with Gasteiger partial charge in [0.25, 0.3) is 0 Å². The van der Waals surface area contributed by atoms with E-state index in [1.807, 2.05) is 29.6 Å². The Morgan fingerprint density at radius 2 is 2.04 bits per heavy atom. The third-order valence-electron chi connectivity index (χ3n) is 4.53. The van der Waals surface area contributed by atoms with E-state index in [0.717, 1.165) is 33.1 Å². The molecule has 5 nitrogen and oxygen atoms in total. The van der Waals surface area contributed by atoms with Crippen molar-refractivity contribution in [1.29, 1.82) is 0 Å². The van der Waals surface area contributed by atoms with Crippen LogP contribution < -0.4 is 4.31 Å². The highest BCUT2D eigenvalue weighted by Gasteiger charge is 2.28. The molecule has 0 spiro atoms. The quantitative estimate of drug-likeness (QED) is 0.738. The van der Waals surface area contributed by atoms with Gasteiger partial charge in [0.2, 0.25) is 10.0 Å². The molecule has 0 atom stereocenters. The van der Waals surface area contributed by atoms with E-state index < -0.39 is 10.0 Å². The summed E-state index contributed by atoms with van der Waals surface area (Å²) in [6, 6.07) is 12.9. The first kappa shape index (κ1) is 17.1. The highest BCUT2D eigenvalue weighted by molar-refractivity contribution is 7.92.